The average Bonchev–Trinajstić information content (AvgIpc) is 3.69. The summed E-state index contributed by atoms with van der Waals surface area (Å²) in [5, 5.41) is 20.9. The third kappa shape index (κ3) is 8.34. The Morgan fingerprint density at radius 1 is 1.10 bits per heavy atom. The maximum absolute atomic E-state index is 13.6. The van der Waals surface area contributed by atoms with Crippen molar-refractivity contribution in [2.45, 2.75) is 133 Å². The summed E-state index contributed by atoms with van der Waals surface area (Å²) in [7, 11) is 0. The topological polar surface area (TPSA) is 117 Å². The van der Waals surface area contributed by atoms with Crippen LogP contribution >= 0.6 is 11.6 Å². The fourth-order valence-electron chi connectivity index (χ4n) is 8.05. The van der Waals surface area contributed by atoms with Crippen molar-refractivity contribution in [3.63, 3.8) is 0 Å². The number of benzene rings is 1. The van der Waals surface area contributed by atoms with Crippen molar-refractivity contribution in [3.8, 4) is 0 Å². The molecule has 1 heterocycles. The van der Waals surface area contributed by atoms with Crippen molar-refractivity contribution < 1.29 is 24.2 Å². The lowest BCUT2D eigenvalue weighted by atomic mass is 9.84. The molecule has 4 unspecified atom stereocenters. The third-order valence-corrected chi connectivity index (χ3v) is 10.5. The van der Waals surface area contributed by atoms with Gasteiger partial charge in [0.05, 0.1) is 18.2 Å². The number of amides is 2. The third-order valence-electron chi connectivity index (χ3n) is 10.2. The van der Waals surface area contributed by atoms with E-state index in [1.54, 1.807) is 0 Å². The Bertz CT molecular complexity index is 1070. The zero-order valence-electron chi connectivity index (χ0n) is 24.7. The second-order valence-corrected chi connectivity index (χ2v) is 13.8. The molecule has 4 N–H and O–H groups in total. The molecule has 9 heteroatoms. The van der Waals surface area contributed by atoms with Crippen LogP contribution in [0.15, 0.2) is 24.3 Å². The molecule has 0 radical (unpaired) electrons. The molecular weight excluding hydrogens is 554 g/mol. The first kappa shape index (κ1) is 31.4. The summed E-state index contributed by atoms with van der Waals surface area (Å²) in [6.07, 6.45) is 14.4. The maximum Gasteiger partial charge on any atom is 0.237 e. The zero-order chi connectivity index (χ0) is 29.5. The molecular formula is C33H48ClN3O5. The Balaban J connectivity index is 1.18. The largest absolute Gasteiger partial charge is 0.356 e. The van der Waals surface area contributed by atoms with Gasteiger partial charge in [-0.25, -0.2) is 0 Å². The number of halogens is 1. The number of carbonyl (C=O) groups excluding carboxylic acids is 3. The van der Waals surface area contributed by atoms with Crippen LogP contribution in [-0.2, 0) is 25.5 Å². The number of carbonyl (C=O) groups is 3. The van der Waals surface area contributed by atoms with Gasteiger partial charge in [-0.15, -0.1) is 0 Å². The lowest BCUT2D eigenvalue weighted by Gasteiger charge is -2.30. The van der Waals surface area contributed by atoms with Crippen LogP contribution in [0.25, 0.3) is 0 Å². The molecule has 1 aliphatic heterocycles. The molecule has 1 saturated heterocycles. The van der Waals surface area contributed by atoms with Crippen molar-refractivity contribution in [2.24, 2.45) is 17.8 Å². The first-order valence-corrected chi connectivity index (χ1v) is 16.6. The number of aliphatic hydroxyl groups excluding tert-OH is 1. The number of ether oxygens (including phenoxy) is 1. The normalized spacial score (nSPS) is 28.0. The highest BCUT2D eigenvalue weighted by atomic mass is 35.5. The first-order valence-electron chi connectivity index (χ1n) is 16.2. The van der Waals surface area contributed by atoms with Gasteiger partial charge >= 0.3 is 0 Å². The summed E-state index contributed by atoms with van der Waals surface area (Å²) < 4.78 is 6.11. The van der Waals surface area contributed by atoms with Crippen LogP contribution in [0, 0.1) is 17.8 Å². The molecule has 8 nitrogen and oxygen atoms in total. The Labute approximate surface area is 255 Å². The van der Waals surface area contributed by atoms with Crippen molar-refractivity contribution in [2.75, 3.05) is 0 Å². The van der Waals surface area contributed by atoms with Gasteiger partial charge in [-0.05, 0) is 80.9 Å². The molecule has 5 rings (SSSR count). The van der Waals surface area contributed by atoms with Gasteiger partial charge in [-0.3, -0.25) is 14.9 Å². The highest BCUT2D eigenvalue weighted by Crippen LogP contribution is 2.40. The van der Waals surface area contributed by atoms with E-state index < -0.39 is 18.5 Å². The molecule has 42 heavy (non-hydrogen) atoms. The van der Waals surface area contributed by atoms with Crippen molar-refractivity contribution >= 4 is 29.7 Å². The van der Waals surface area contributed by atoms with Crippen LogP contribution in [0.5, 0.6) is 0 Å². The minimum atomic E-state index is -1.30. The van der Waals surface area contributed by atoms with E-state index in [0.717, 1.165) is 95.3 Å². The highest BCUT2D eigenvalue weighted by molar-refractivity contribution is 6.30. The van der Waals surface area contributed by atoms with Gasteiger partial charge in [0.2, 0.25) is 18.2 Å². The fourth-order valence-corrected chi connectivity index (χ4v) is 8.27. The number of nitrogens with one attached hydrogen (secondary N) is 3. The predicted molar refractivity (Wildman–Crippen MR) is 162 cm³/mol. The molecule has 4 fully saturated rings. The molecule has 1 aromatic rings. The molecule has 3 aliphatic carbocycles. The number of aliphatic hydroxyl groups is 1. The van der Waals surface area contributed by atoms with Gasteiger partial charge in [-0.1, -0.05) is 75.1 Å². The summed E-state index contributed by atoms with van der Waals surface area (Å²) in [6.45, 7) is 0. The van der Waals surface area contributed by atoms with Gasteiger partial charge < -0.3 is 25.3 Å². The van der Waals surface area contributed by atoms with E-state index in [-0.39, 0.29) is 35.3 Å². The quantitative estimate of drug-likeness (QED) is 0.191. The minimum Gasteiger partial charge on any atom is -0.356 e. The van der Waals surface area contributed by atoms with Crippen LogP contribution in [0.1, 0.15) is 102 Å². The van der Waals surface area contributed by atoms with E-state index >= 15 is 0 Å². The zero-order valence-corrected chi connectivity index (χ0v) is 25.5. The Morgan fingerprint density at radius 2 is 1.88 bits per heavy atom. The number of aldehydes is 1. The van der Waals surface area contributed by atoms with Crippen molar-refractivity contribution in [3.05, 3.63) is 34.9 Å². The van der Waals surface area contributed by atoms with Crippen molar-refractivity contribution in [1.29, 1.82) is 0 Å². The molecule has 4 aliphatic rings. The van der Waals surface area contributed by atoms with Crippen LogP contribution in [0.4, 0.5) is 0 Å². The molecule has 0 bridgehead atoms. The smallest absolute Gasteiger partial charge is 0.237 e. The van der Waals surface area contributed by atoms with Gasteiger partial charge in [0.25, 0.3) is 0 Å². The van der Waals surface area contributed by atoms with Crippen LogP contribution in [0.2, 0.25) is 5.02 Å². The summed E-state index contributed by atoms with van der Waals surface area (Å²) >= 11 is 6.19. The maximum atomic E-state index is 13.6. The summed E-state index contributed by atoms with van der Waals surface area (Å²) in [5.74, 6) is 0.00866. The van der Waals surface area contributed by atoms with E-state index in [0.29, 0.717) is 23.8 Å². The minimum absolute atomic E-state index is 0.0115. The summed E-state index contributed by atoms with van der Waals surface area (Å²) in [4.78, 5) is 38.4. The lowest BCUT2D eigenvalue weighted by molar-refractivity contribution is -0.170. The second-order valence-electron chi connectivity index (χ2n) is 13.4. The molecule has 1 aromatic carbocycles. The standard InChI is InChI=1S/C33H48ClN3O5/c34-26-12-6-10-23(17-26)16-24-11-7-13-29(24)42-32(41)36-28(18-22-8-2-1-3-9-22)31(40)35-27(21-38)19-25-20-33(37-30(25)39)14-4-5-15-33/h6,10,12,17,21-22,24-25,27-29,32,36,41H,1-5,7-9,11,13-16,18-20H2,(H,35,40)(H,37,39)/t24?,25?,27-,28-,29?,32?/m0/s1. The Morgan fingerprint density at radius 3 is 2.62 bits per heavy atom. The van der Waals surface area contributed by atoms with Crippen LogP contribution in [-0.4, -0.2) is 53.3 Å². The van der Waals surface area contributed by atoms with E-state index in [9.17, 15) is 19.5 Å². The number of hydrogen-bond acceptors (Lipinski definition) is 6. The number of rotatable bonds is 13. The molecule has 2 amide bonds. The molecule has 1 spiro atoms. The van der Waals surface area contributed by atoms with E-state index in [1.807, 2.05) is 18.2 Å². The molecule has 232 valence electrons. The molecule has 0 aromatic heterocycles. The van der Waals surface area contributed by atoms with Crippen molar-refractivity contribution in [1.82, 2.24) is 16.0 Å². The molecule has 6 atom stereocenters. The SMILES string of the molecule is O=C[C@H](CC1CC2(CCCC2)NC1=O)NC(=O)[C@H](CC1CCCCC1)NC(O)OC1CCCC1Cc1cccc(Cl)c1. The van der Waals surface area contributed by atoms with Gasteiger partial charge in [-0.2, -0.15) is 0 Å². The lowest BCUT2D eigenvalue weighted by Crippen LogP contribution is -2.53. The van der Waals surface area contributed by atoms with Gasteiger partial charge in [0.1, 0.15) is 6.29 Å². The highest BCUT2D eigenvalue weighted by Gasteiger charge is 2.46. The van der Waals surface area contributed by atoms with E-state index in [1.165, 1.54) is 6.42 Å². The van der Waals surface area contributed by atoms with Gasteiger partial charge in [0, 0.05) is 16.5 Å². The van der Waals surface area contributed by atoms with Crippen LogP contribution in [0.3, 0.4) is 0 Å². The Hall–Kier alpha value is -2.00. The summed E-state index contributed by atoms with van der Waals surface area (Å²) in [5.41, 5.74) is 1.02. The molecule has 3 saturated carbocycles. The average molecular weight is 602 g/mol. The predicted octanol–water partition coefficient (Wildman–Crippen LogP) is 4.80. The number of hydrogen-bond donors (Lipinski definition) is 4. The summed E-state index contributed by atoms with van der Waals surface area (Å²) in [6, 6.07) is 6.40. The first-order chi connectivity index (χ1) is 20.3. The van der Waals surface area contributed by atoms with E-state index in [2.05, 4.69) is 22.0 Å². The van der Waals surface area contributed by atoms with Crippen LogP contribution < -0.4 is 16.0 Å². The van der Waals surface area contributed by atoms with Gasteiger partial charge in [0.15, 0.2) is 0 Å². The Kier molecular flexibility index (Phi) is 11.0. The fraction of sp³-hybridized carbons (Fsp3) is 0.727. The second kappa shape index (κ2) is 14.7. The van der Waals surface area contributed by atoms with E-state index in [4.69, 9.17) is 16.3 Å². The monoisotopic (exact) mass is 601 g/mol.